The lowest BCUT2D eigenvalue weighted by Gasteiger charge is -2.21. The van der Waals surface area contributed by atoms with Gasteiger partial charge in [-0.3, -0.25) is 15.0 Å². The molecule has 2 amide bonds. The number of anilines is 1. The van der Waals surface area contributed by atoms with E-state index in [-0.39, 0.29) is 30.7 Å². The summed E-state index contributed by atoms with van der Waals surface area (Å²) in [6, 6.07) is 23.3. The predicted molar refractivity (Wildman–Crippen MR) is 166 cm³/mol. The van der Waals surface area contributed by atoms with Crippen LogP contribution in [0.15, 0.2) is 93.2 Å². The van der Waals surface area contributed by atoms with Crippen LogP contribution in [0.2, 0.25) is 0 Å². The Bertz CT molecular complexity index is 1670. The first-order valence-electron chi connectivity index (χ1n) is 14.1. The van der Waals surface area contributed by atoms with E-state index in [0.29, 0.717) is 16.5 Å². The lowest BCUT2D eigenvalue weighted by molar-refractivity contribution is 0.0919. The fourth-order valence-electron chi connectivity index (χ4n) is 4.73. The van der Waals surface area contributed by atoms with Gasteiger partial charge < -0.3 is 18.6 Å². The zero-order chi connectivity index (χ0) is 30.2. The molecule has 0 spiro atoms. The van der Waals surface area contributed by atoms with Crippen LogP contribution in [0.3, 0.4) is 0 Å². The van der Waals surface area contributed by atoms with Gasteiger partial charge in [0.25, 0.3) is 11.8 Å². The van der Waals surface area contributed by atoms with Crippen molar-refractivity contribution in [2.75, 3.05) is 31.1 Å². The molecule has 1 aliphatic heterocycles. The third kappa shape index (κ3) is 7.18. The van der Waals surface area contributed by atoms with E-state index in [0.717, 1.165) is 29.8 Å². The van der Waals surface area contributed by atoms with Gasteiger partial charge in [-0.2, -0.15) is 5.10 Å². The second kappa shape index (κ2) is 13.9. The molecule has 1 aromatic heterocycles. The maximum absolute atomic E-state index is 12.8. The number of hydrogen-bond donors (Lipinski definition) is 3. The Morgan fingerprint density at radius 2 is 1.77 bits per heavy atom. The largest absolute Gasteiger partial charge is 0.494 e. The van der Waals surface area contributed by atoms with Gasteiger partial charge in [0.05, 0.1) is 18.9 Å². The van der Waals surface area contributed by atoms with Gasteiger partial charge in [-0.1, -0.05) is 42.5 Å². The SMILES string of the molecule is CCN(CC)c1ccc2cc(C(=O)NNCC3COB(c4ccccc4C=NNC(=O)c4ccccc4)O3)c(=O)oc2c1. The fourth-order valence-corrected chi connectivity index (χ4v) is 4.73. The number of amides is 2. The van der Waals surface area contributed by atoms with Gasteiger partial charge in [-0.15, -0.1) is 0 Å². The Hall–Kier alpha value is -4.78. The number of carbonyl (C=O) groups is 2. The van der Waals surface area contributed by atoms with E-state index in [9.17, 15) is 14.4 Å². The number of hydrogen-bond acceptors (Lipinski definition) is 9. The average Bonchev–Trinajstić information content (AvgIpc) is 3.50. The number of fused-ring (bicyclic) bond motifs is 1. The van der Waals surface area contributed by atoms with E-state index in [1.807, 2.05) is 48.5 Å². The Morgan fingerprint density at radius 1 is 1.00 bits per heavy atom. The lowest BCUT2D eigenvalue weighted by atomic mass is 9.76. The molecule has 0 radical (unpaired) electrons. The van der Waals surface area contributed by atoms with Crippen LogP contribution in [0.4, 0.5) is 5.69 Å². The van der Waals surface area contributed by atoms with E-state index in [2.05, 4.69) is 40.1 Å². The zero-order valence-electron chi connectivity index (χ0n) is 23.9. The van der Waals surface area contributed by atoms with Crippen molar-refractivity contribution in [2.24, 2.45) is 5.10 Å². The summed E-state index contributed by atoms with van der Waals surface area (Å²) in [6.07, 6.45) is 1.16. The number of hydrazine groups is 1. The fraction of sp³-hybridized carbons (Fsp3) is 0.226. The van der Waals surface area contributed by atoms with Crippen molar-refractivity contribution in [2.45, 2.75) is 20.0 Å². The topological polar surface area (TPSA) is 134 Å². The third-order valence-electron chi connectivity index (χ3n) is 7.03. The highest BCUT2D eigenvalue weighted by Crippen LogP contribution is 2.22. The zero-order valence-corrected chi connectivity index (χ0v) is 23.9. The van der Waals surface area contributed by atoms with Gasteiger partial charge in [0.2, 0.25) is 0 Å². The van der Waals surface area contributed by atoms with Gasteiger partial charge >= 0.3 is 12.7 Å². The summed E-state index contributed by atoms with van der Waals surface area (Å²) in [5.41, 5.74) is 10.4. The van der Waals surface area contributed by atoms with Crippen LogP contribution < -0.4 is 32.3 Å². The van der Waals surface area contributed by atoms with Crippen LogP contribution in [0, 0.1) is 0 Å². The molecule has 220 valence electrons. The summed E-state index contributed by atoms with van der Waals surface area (Å²) in [7, 11) is -0.663. The van der Waals surface area contributed by atoms with Crippen LogP contribution in [0.25, 0.3) is 11.0 Å². The number of nitrogens with one attached hydrogen (secondary N) is 3. The van der Waals surface area contributed by atoms with Crippen LogP contribution in [-0.4, -0.2) is 57.5 Å². The molecule has 0 bridgehead atoms. The van der Waals surface area contributed by atoms with Crippen molar-refractivity contribution in [3.63, 3.8) is 0 Å². The molecule has 1 atom stereocenters. The molecular formula is C31H32BN5O6. The quantitative estimate of drug-likeness (QED) is 0.107. The van der Waals surface area contributed by atoms with Crippen LogP contribution in [0.1, 0.15) is 40.1 Å². The molecule has 4 aromatic rings. The minimum Gasteiger partial charge on any atom is -0.422 e. The van der Waals surface area contributed by atoms with Crippen molar-refractivity contribution in [3.8, 4) is 0 Å². The molecular weight excluding hydrogens is 549 g/mol. The highest BCUT2D eigenvalue weighted by Gasteiger charge is 2.34. The second-order valence-electron chi connectivity index (χ2n) is 9.79. The number of rotatable bonds is 11. The summed E-state index contributed by atoms with van der Waals surface area (Å²) in [4.78, 5) is 39.7. The normalized spacial score (nSPS) is 14.7. The Morgan fingerprint density at radius 3 is 2.56 bits per heavy atom. The van der Waals surface area contributed by atoms with Crippen molar-refractivity contribution < 1.29 is 23.3 Å². The highest BCUT2D eigenvalue weighted by atomic mass is 16.6. The summed E-state index contributed by atoms with van der Waals surface area (Å²) in [6.45, 7) is 6.26. The summed E-state index contributed by atoms with van der Waals surface area (Å²) in [5, 5.41) is 4.73. The first kappa shape index (κ1) is 29.7. The first-order valence-corrected chi connectivity index (χ1v) is 14.1. The van der Waals surface area contributed by atoms with E-state index in [1.54, 1.807) is 24.3 Å². The standard InChI is InChI=1S/C31H32BN5O6/c1-3-37(4-2)24-15-14-22-16-26(31(40)42-28(22)17-24)30(39)36-34-19-25-20-41-32(43-25)27-13-9-8-12-23(27)18-33-35-29(38)21-10-6-5-7-11-21/h5-18,25,34H,3-4,19-20H2,1-2H3,(H,35,38)(H,36,39). The molecule has 1 aliphatic rings. The maximum Gasteiger partial charge on any atom is 0.494 e. The number of benzene rings is 3. The monoisotopic (exact) mass is 581 g/mol. The third-order valence-corrected chi connectivity index (χ3v) is 7.03. The first-order chi connectivity index (χ1) is 21.0. The summed E-state index contributed by atoms with van der Waals surface area (Å²) >= 11 is 0. The summed E-state index contributed by atoms with van der Waals surface area (Å²) < 4.78 is 17.3. The number of hydrazone groups is 1. The van der Waals surface area contributed by atoms with Crippen LogP contribution in [-0.2, 0) is 9.31 Å². The molecule has 12 heteroatoms. The predicted octanol–water partition coefficient (Wildman–Crippen LogP) is 2.45. The smallest absolute Gasteiger partial charge is 0.422 e. The molecule has 3 aromatic carbocycles. The molecule has 0 aliphatic carbocycles. The van der Waals surface area contributed by atoms with E-state index >= 15 is 0 Å². The molecule has 1 unspecified atom stereocenters. The average molecular weight is 581 g/mol. The Kier molecular flexibility index (Phi) is 9.62. The van der Waals surface area contributed by atoms with E-state index in [1.165, 1.54) is 12.3 Å². The van der Waals surface area contributed by atoms with Gasteiger partial charge in [0.1, 0.15) is 11.1 Å². The number of nitrogens with zero attached hydrogens (tertiary/aromatic N) is 2. The van der Waals surface area contributed by atoms with Crippen molar-refractivity contribution in [1.82, 2.24) is 16.3 Å². The molecule has 0 saturated carbocycles. The Balaban J connectivity index is 1.15. The minimum absolute atomic E-state index is 0.107. The van der Waals surface area contributed by atoms with Crippen molar-refractivity contribution in [3.05, 3.63) is 106 Å². The highest BCUT2D eigenvalue weighted by molar-refractivity contribution is 6.63. The van der Waals surface area contributed by atoms with Crippen LogP contribution in [0.5, 0.6) is 0 Å². The molecule has 5 rings (SSSR count). The number of carbonyl (C=O) groups excluding carboxylic acids is 2. The minimum atomic E-state index is -0.720. The van der Waals surface area contributed by atoms with E-state index in [4.69, 9.17) is 13.7 Å². The van der Waals surface area contributed by atoms with E-state index < -0.39 is 18.7 Å². The molecule has 3 N–H and O–H groups in total. The molecule has 1 fully saturated rings. The summed E-state index contributed by atoms with van der Waals surface area (Å²) in [5.74, 6) is -0.931. The Labute approximate surface area is 249 Å². The van der Waals surface area contributed by atoms with Crippen LogP contribution >= 0.6 is 0 Å². The van der Waals surface area contributed by atoms with Gasteiger partial charge in [0, 0.05) is 42.3 Å². The molecule has 2 heterocycles. The van der Waals surface area contributed by atoms with Gasteiger partial charge in [0.15, 0.2) is 0 Å². The second-order valence-corrected chi connectivity index (χ2v) is 9.79. The van der Waals surface area contributed by atoms with Gasteiger partial charge in [-0.25, -0.2) is 15.6 Å². The molecule has 1 saturated heterocycles. The lowest BCUT2D eigenvalue weighted by Crippen LogP contribution is -2.44. The maximum atomic E-state index is 12.8. The van der Waals surface area contributed by atoms with Crippen molar-refractivity contribution in [1.29, 1.82) is 0 Å². The molecule has 11 nitrogen and oxygen atoms in total. The molecule has 43 heavy (non-hydrogen) atoms. The van der Waals surface area contributed by atoms with Crippen molar-refractivity contribution >= 4 is 47.3 Å². The van der Waals surface area contributed by atoms with Gasteiger partial charge in [-0.05, 0) is 55.2 Å².